The molecule has 2 aromatic rings. The maximum atomic E-state index is 10.5. The molecule has 0 N–H and O–H groups in total. The Balaban J connectivity index is 2.03. The van der Waals surface area contributed by atoms with Crippen molar-refractivity contribution < 1.29 is 9.66 Å². The molecule has 0 heterocycles. The van der Waals surface area contributed by atoms with Crippen molar-refractivity contribution in [2.24, 2.45) is 0 Å². The fraction of sp³-hybridized carbons (Fsp3) is 0.143. The summed E-state index contributed by atoms with van der Waals surface area (Å²) in [6.07, 6.45) is 0. The van der Waals surface area contributed by atoms with Gasteiger partial charge in [0.15, 0.2) is 0 Å². The Morgan fingerprint density at radius 1 is 1.15 bits per heavy atom. The van der Waals surface area contributed by atoms with E-state index in [9.17, 15) is 10.1 Å². The van der Waals surface area contributed by atoms with Crippen molar-refractivity contribution in [1.29, 1.82) is 0 Å². The van der Waals surface area contributed by atoms with E-state index in [1.54, 1.807) is 12.1 Å². The monoisotopic (exact) mass is 355 g/mol. The highest BCUT2D eigenvalue weighted by atomic mass is 79.9. The minimum Gasteiger partial charge on any atom is -0.487 e. The average Bonchev–Trinajstić information content (AvgIpc) is 2.46. The molecule has 20 heavy (non-hydrogen) atoms. The lowest BCUT2D eigenvalue weighted by Crippen LogP contribution is -1.97. The second-order valence-corrected chi connectivity index (χ2v) is 5.08. The summed E-state index contributed by atoms with van der Waals surface area (Å²) in [5.41, 5.74) is 1.97. The van der Waals surface area contributed by atoms with Crippen molar-refractivity contribution in [3.63, 3.8) is 0 Å². The van der Waals surface area contributed by atoms with Gasteiger partial charge >= 0.3 is 0 Å². The van der Waals surface area contributed by atoms with Crippen LogP contribution >= 0.6 is 27.5 Å². The number of alkyl halides is 1. The minimum atomic E-state index is -0.430. The number of ether oxygens (including phenoxy) is 1. The standard InChI is InChI=1S/C14H11BrClNO3/c15-8-11-3-6-14(13(16)7-11)20-9-10-1-4-12(5-2-10)17(18)19/h1-7H,8-9H2. The predicted molar refractivity (Wildman–Crippen MR) is 81.5 cm³/mol. The first kappa shape index (κ1) is 14.8. The number of nitro groups is 1. The molecule has 4 nitrogen and oxygen atoms in total. The zero-order valence-corrected chi connectivity index (χ0v) is 12.7. The van der Waals surface area contributed by atoms with E-state index in [-0.39, 0.29) is 5.69 Å². The summed E-state index contributed by atoms with van der Waals surface area (Å²) in [4.78, 5) is 10.1. The van der Waals surface area contributed by atoms with Crippen LogP contribution < -0.4 is 4.74 Å². The van der Waals surface area contributed by atoms with Gasteiger partial charge in [0.05, 0.1) is 9.95 Å². The molecule has 0 fully saturated rings. The maximum Gasteiger partial charge on any atom is 0.269 e. The van der Waals surface area contributed by atoms with Crippen LogP contribution in [0.15, 0.2) is 42.5 Å². The summed E-state index contributed by atoms with van der Waals surface area (Å²) in [7, 11) is 0. The first-order chi connectivity index (χ1) is 9.60. The number of non-ortho nitro benzene ring substituents is 1. The number of hydrogen-bond acceptors (Lipinski definition) is 3. The van der Waals surface area contributed by atoms with Gasteiger partial charge in [0.1, 0.15) is 12.4 Å². The van der Waals surface area contributed by atoms with Gasteiger partial charge in [0.25, 0.3) is 5.69 Å². The minimum absolute atomic E-state index is 0.0634. The van der Waals surface area contributed by atoms with E-state index >= 15 is 0 Å². The van der Waals surface area contributed by atoms with Gasteiger partial charge in [-0.2, -0.15) is 0 Å². The van der Waals surface area contributed by atoms with E-state index in [0.717, 1.165) is 16.5 Å². The highest BCUT2D eigenvalue weighted by Crippen LogP contribution is 2.27. The van der Waals surface area contributed by atoms with Crippen molar-refractivity contribution in [3.8, 4) is 5.75 Å². The summed E-state index contributed by atoms with van der Waals surface area (Å²) in [6, 6.07) is 11.8. The van der Waals surface area contributed by atoms with Crippen molar-refractivity contribution in [2.45, 2.75) is 11.9 Å². The molecule has 104 valence electrons. The quantitative estimate of drug-likeness (QED) is 0.442. The van der Waals surface area contributed by atoms with Gasteiger partial charge in [-0.25, -0.2) is 0 Å². The van der Waals surface area contributed by atoms with Gasteiger partial charge in [-0.3, -0.25) is 10.1 Å². The largest absolute Gasteiger partial charge is 0.487 e. The Morgan fingerprint density at radius 3 is 2.35 bits per heavy atom. The van der Waals surface area contributed by atoms with Crippen LogP contribution in [0.1, 0.15) is 11.1 Å². The fourth-order valence-electron chi connectivity index (χ4n) is 1.62. The van der Waals surface area contributed by atoms with Crippen molar-refractivity contribution in [2.75, 3.05) is 0 Å². The lowest BCUT2D eigenvalue weighted by atomic mass is 10.2. The topological polar surface area (TPSA) is 52.4 Å². The van der Waals surface area contributed by atoms with Crippen LogP contribution in [-0.4, -0.2) is 4.92 Å². The zero-order valence-electron chi connectivity index (χ0n) is 10.4. The third-order valence-electron chi connectivity index (χ3n) is 2.69. The van der Waals surface area contributed by atoms with Gasteiger partial charge in [-0.15, -0.1) is 0 Å². The van der Waals surface area contributed by atoms with Crippen molar-refractivity contribution in [1.82, 2.24) is 0 Å². The summed E-state index contributed by atoms with van der Waals surface area (Å²) in [6.45, 7) is 0.311. The second kappa shape index (κ2) is 6.72. The molecule has 0 radical (unpaired) electrons. The highest BCUT2D eigenvalue weighted by molar-refractivity contribution is 9.08. The Kier molecular flexibility index (Phi) is 4.98. The van der Waals surface area contributed by atoms with E-state index in [1.807, 2.05) is 18.2 Å². The lowest BCUT2D eigenvalue weighted by Gasteiger charge is -2.09. The number of nitro benzene ring substituents is 1. The molecule has 0 unspecified atom stereocenters. The molecule has 6 heteroatoms. The number of nitrogens with zero attached hydrogens (tertiary/aromatic N) is 1. The van der Waals surface area contributed by atoms with E-state index in [4.69, 9.17) is 16.3 Å². The van der Waals surface area contributed by atoms with E-state index in [2.05, 4.69) is 15.9 Å². The lowest BCUT2D eigenvalue weighted by molar-refractivity contribution is -0.384. The SMILES string of the molecule is O=[N+]([O-])c1ccc(COc2ccc(CBr)cc2Cl)cc1. The molecular formula is C14H11BrClNO3. The van der Waals surface area contributed by atoms with Crippen LogP contribution in [0.5, 0.6) is 5.75 Å². The first-order valence-corrected chi connectivity index (χ1v) is 7.30. The number of halogens is 2. The third kappa shape index (κ3) is 3.71. The fourth-order valence-corrected chi connectivity index (χ4v) is 2.23. The van der Waals surface area contributed by atoms with Gasteiger partial charge in [0, 0.05) is 17.5 Å². The molecule has 0 aromatic heterocycles. The second-order valence-electron chi connectivity index (χ2n) is 4.11. The Bertz CT molecular complexity index is 616. The van der Waals surface area contributed by atoms with Crippen LogP contribution in [0.2, 0.25) is 5.02 Å². The molecule has 0 atom stereocenters. The normalized spacial score (nSPS) is 10.3. The third-order valence-corrected chi connectivity index (χ3v) is 3.63. The smallest absolute Gasteiger partial charge is 0.269 e. The van der Waals surface area contributed by atoms with E-state index < -0.39 is 4.92 Å². The predicted octanol–water partition coefficient (Wildman–Crippen LogP) is 4.72. The van der Waals surface area contributed by atoms with Gasteiger partial charge in [0.2, 0.25) is 0 Å². The maximum absolute atomic E-state index is 10.5. The molecule has 0 amide bonds. The van der Waals surface area contributed by atoms with Gasteiger partial charge in [-0.1, -0.05) is 33.6 Å². The Hall–Kier alpha value is -1.59. The van der Waals surface area contributed by atoms with Gasteiger partial charge < -0.3 is 4.74 Å². The molecule has 0 saturated carbocycles. The van der Waals surface area contributed by atoms with Crippen LogP contribution in [0.4, 0.5) is 5.69 Å². The van der Waals surface area contributed by atoms with Crippen LogP contribution in [0, 0.1) is 10.1 Å². The molecule has 0 aliphatic heterocycles. The Morgan fingerprint density at radius 2 is 1.80 bits per heavy atom. The van der Waals surface area contributed by atoms with Crippen LogP contribution in [0.3, 0.4) is 0 Å². The molecule has 0 bridgehead atoms. The van der Waals surface area contributed by atoms with Gasteiger partial charge in [-0.05, 0) is 35.4 Å². The molecule has 2 aromatic carbocycles. The molecular weight excluding hydrogens is 346 g/mol. The van der Waals surface area contributed by atoms with Crippen molar-refractivity contribution in [3.05, 3.63) is 68.7 Å². The van der Waals surface area contributed by atoms with Crippen LogP contribution in [0.25, 0.3) is 0 Å². The molecule has 0 saturated heterocycles. The Labute approximate surface area is 129 Å². The average molecular weight is 357 g/mol. The molecule has 2 rings (SSSR count). The van der Waals surface area contributed by atoms with Crippen molar-refractivity contribution >= 4 is 33.2 Å². The number of rotatable bonds is 5. The summed E-state index contributed by atoms with van der Waals surface area (Å²) < 4.78 is 5.61. The molecule has 0 aliphatic rings. The highest BCUT2D eigenvalue weighted by Gasteiger charge is 2.06. The zero-order chi connectivity index (χ0) is 14.5. The molecule has 0 aliphatic carbocycles. The number of benzene rings is 2. The first-order valence-electron chi connectivity index (χ1n) is 5.80. The van der Waals surface area contributed by atoms with E-state index in [0.29, 0.717) is 17.4 Å². The molecule has 0 spiro atoms. The van der Waals surface area contributed by atoms with Crippen LogP contribution in [-0.2, 0) is 11.9 Å². The van der Waals surface area contributed by atoms with E-state index in [1.165, 1.54) is 12.1 Å². The number of hydrogen-bond donors (Lipinski definition) is 0. The summed E-state index contributed by atoms with van der Waals surface area (Å²) in [5.74, 6) is 0.592. The summed E-state index contributed by atoms with van der Waals surface area (Å²) in [5, 5.41) is 11.8. The summed E-state index contributed by atoms with van der Waals surface area (Å²) >= 11 is 9.46.